The molecule has 0 unspecified atom stereocenters. The summed E-state index contributed by atoms with van der Waals surface area (Å²) < 4.78 is 30.1. The zero-order chi connectivity index (χ0) is 28.5. The largest absolute Gasteiger partial charge is 0.493 e. The molecule has 1 fully saturated rings. The summed E-state index contributed by atoms with van der Waals surface area (Å²) in [6.45, 7) is 0.711. The summed E-state index contributed by atoms with van der Waals surface area (Å²) >= 11 is 4.84. The minimum atomic E-state index is -0.414. The lowest BCUT2D eigenvalue weighted by atomic mass is 10.2. The third kappa shape index (κ3) is 7.71. The Labute approximate surface area is 244 Å². The molecule has 0 atom stereocenters. The Morgan fingerprint density at radius 1 is 1.10 bits per heavy atom. The number of amides is 2. The average molecular weight is 629 g/mol. The molecule has 1 saturated heterocycles. The third-order valence-corrected chi connectivity index (χ3v) is 7.35. The summed E-state index contributed by atoms with van der Waals surface area (Å²) in [7, 11) is 3.12. The number of methoxy groups -OCH3 is 2. The van der Waals surface area contributed by atoms with E-state index < -0.39 is 11.7 Å². The number of hydrogen-bond acceptors (Lipinski definition) is 7. The molecule has 4 rings (SSSR count). The van der Waals surface area contributed by atoms with Crippen molar-refractivity contribution in [2.24, 2.45) is 4.99 Å². The molecule has 1 aliphatic heterocycles. The van der Waals surface area contributed by atoms with E-state index in [-0.39, 0.29) is 12.5 Å². The summed E-state index contributed by atoms with van der Waals surface area (Å²) in [6, 6.07) is 18.3. The van der Waals surface area contributed by atoms with Crippen molar-refractivity contribution in [1.82, 2.24) is 4.90 Å². The van der Waals surface area contributed by atoms with Gasteiger partial charge in [-0.2, -0.15) is 0 Å². The van der Waals surface area contributed by atoms with Crippen molar-refractivity contribution in [3.63, 3.8) is 0 Å². The number of nitrogens with one attached hydrogen (secondary N) is 1. The molecule has 1 heterocycles. The Hall–Kier alpha value is -3.67. The molecule has 8 nitrogen and oxygen atoms in total. The van der Waals surface area contributed by atoms with Gasteiger partial charge in [-0.3, -0.25) is 14.5 Å². The van der Waals surface area contributed by atoms with Gasteiger partial charge >= 0.3 is 0 Å². The molecule has 3 aromatic carbocycles. The van der Waals surface area contributed by atoms with E-state index in [1.807, 2.05) is 30.3 Å². The van der Waals surface area contributed by atoms with Crippen LogP contribution in [0.1, 0.15) is 12.0 Å². The van der Waals surface area contributed by atoms with E-state index in [2.05, 4.69) is 21.2 Å². The van der Waals surface area contributed by atoms with Crippen molar-refractivity contribution in [1.29, 1.82) is 0 Å². The molecule has 208 valence electrons. The lowest BCUT2D eigenvalue weighted by Gasteiger charge is -2.15. The van der Waals surface area contributed by atoms with Crippen molar-refractivity contribution >= 4 is 62.1 Å². The van der Waals surface area contributed by atoms with Crippen LogP contribution in [-0.4, -0.2) is 55.9 Å². The molecular formula is C29H27BrFN3O5S. The number of amidine groups is 1. The minimum Gasteiger partial charge on any atom is -0.493 e. The lowest BCUT2D eigenvalue weighted by Crippen LogP contribution is -2.30. The van der Waals surface area contributed by atoms with E-state index >= 15 is 0 Å². The van der Waals surface area contributed by atoms with Crippen molar-refractivity contribution in [2.45, 2.75) is 6.42 Å². The summed E-state index contributed by atoms with van der Waals surface area (Å²) in [6.07, 6.45) is 2.43. The molecular weight excluding hydrogens is 601 g/mol. The van der Waals surface area contributed by atoms with E-state index in [0.717, 1.165) is 5.69 Å². The summed E-state index contributed by atoms with van der Waals surface area (Å²) in [5, 5.41) is 3.23. The third-order valence-electron chi connectivity index (χ3n) is 5.66. The first kappa shape index (κ1) is 29.3. The van der Waals surface area contributed by atoms with Gasteiger partial charge in [-0.05, 0) is 78.4 Å². The quantitative estimate of drug-likeness (QED) is 0.199. The molecule has 1 aliphatic rings. The number of aliphatic imine (C=N–C) groups is 1. The van der Waals surface area contributed by atoms with Gasteiger partial charge in [-0.1, -0.05) is 34.1 Å². The van der Waals surface area contributed by atoms with Gasteiger partial charge in [-0.15, -0.1) is 0 Å². The zero-order valence-corrected chi connectivity index (χ0v) is 24.3. The van der Waals surface area contributed by atoms with Crippen LogP contribution in [0.5, 0.6) is 11.5 Å². The number of hydrogen-bond donors (Lipinski definition) is 1. The van der Waals surface area contributed by atoms with E-state index in [1.165, 1.54) is 43.1 Å². The van der Waals surface area contributed by atoms with Crippen molar-refractivity contribution in [3.8, 4) is 11.5 Å². The first-order chi connectivity index (χ1) is 19.4. The Morgan fingerprint density at radius 3 is 2.55 bits per heavy atom. The Kier molecular flexibility index (Phi) is 10.3. The maximum Gasteiger partial charge on any atom is 0.266 e. The van der Waals surface area contributed by atoms with Crippen LogP contribution in [0.15, 0.2) is 81.1 Å². The highest BCUT2D eigenvalue weighted by Gasteiger charge is 2.33. The standard InChI is InChI=1S/C29H27BrFN3O5S/c1-37-14-6-13-34-28(36)26(40-29(34)33-21-7-4-3-5-8-21)16-19-15-24(38-2)25(17-23(19)30)39-18-27(35)32-22-11-9-20(31)10-12-22/h3-5,7-12,15-17H,6,13-14,18H2,1-2H3,(H,32,35)/b26-16+,33-29?. The topological polar surface area (TPSA) is 89.5 Å². The van der Waals surface area contributed by atoms with E-state index in [1.54, 1.807) is 30.2 Å². The fraction of sp³-hybridized carbons (Fsp3) is 0.207. The Bertz CT molecular complexity index is 1420. The molecule has 3 aromatic rings. The molecule has 0 aliphatic carbocycles. The monoisotopic (exact) mass is 627 g/mol. The predicted molar refractivity (Wildman–Crippen MR) is 159 cm³/mol. The second-order valence-corrected chi connectivity index (χ2v) is 10.4. The average Bonchev–Trinajstić information content (AvgIpc) is 3.24. The molecule has 0 aromatic heterocycles. The normalized spacial score (nSPS) is 15.1. The van der Waals surface area contributed by atoms with Crippen molar-refractivity contribution in [3.05, 3.63) is 87.5 Å². The van der Waals surface area contributed by atoms with Gasteiger partial charge in [0.05, 0.1) is 17.7 Å². The van der Waals surface area contributed by atoms with Gasteiger partial charge in [0, 0.05) is 30.4 Å². The Morgan fingerprint density at radius 2 is 1.85 bits per heavy atom. The second-order valence-electron chi connectivity index (χ2n) is 8.51. The van der Waals surface area contributed by atoms with Crippen LogP contribution in [0.3, 0.4) is 0 Å². The van der Waals surface area contributed by atoms with E-state index in [9.17, 15) is 14.0 Å². The number of para-hydroxylation sites is 1. The zero-order valence-electron chi connectivity index (χ0n) is 21.9. The number of rotatable bonds is 11. The van der Waals surface area contributed by atoms with E-state index in [4.69, 9.17) is 19.2 Å². The number of anilines is 1. The number of halogens is 2. The molecule has 40 heavy (non-hydrogen) atoms. The number of ether oxygens (including phenoxy) is 3. The fourth-order valence-electron chi connectivity index (χ4n) is 3.72. The SMILES string of the molecule is COCCCN1C(=O)/C(=C\c2cc(OC)c(OCC(=O)Nc3ccc(F)cc3)cc2Br)SC1=Nc1ccccc1. The summed E-state index contributed by atoms with van der Waals surface area (Å²) in [5.74, 6) is -0.240. The van der Waals surface area contributed by atoms with Gasteiger partial charge in [-0.25, -0.2) is 9.38 Å². The van der Waals surface area contributed by atoms with Crippen LogP contribution in [0.25, 0.3) is 6.08 Å². The van der Waals surface area contributed by atoms with E-state index in [0.29, 0.717) is 56.9 Å². The van der Waals surface area contributed by atoms with Gasteiger partial charge in [0.25, 0.3) is 11.8 Å². The highest BCUT2D eigenvalue weighted by atomic mass is 79.9. The van der Waals surface area contributed by atoms with Crippen LogP contribution in [0.4, 0.5) is 15.8 Å². The highest BCUT2D eigenvalue weighted by Crippen LogP contribution is 2.39. The molecule has 0 radical (unpaired) electrons. The minimum absolute atomic E-state index is 0.153. The van der Waals surface area contributed by atoms with Crippen molar-refractivity contribution < 1.29 is 28.2 Å². The molecule has 11 heteroatoms. The number of carbonyl (C=O) groups is 2. The smallest absolute Gasteiger partial charge is 0.266 e. The van der Waals surface area contributed by atoms with Crippen LogP contribution in [0.2, 0.25) is 0 Å². The first-order valence-corrected chi connectivity index (χ1v) is 13.9. The molecule has 0 bridgehead atoms. The molecule has 0 spiro atoms. The molecule has 0 saturated carbocycles. The molecule has 2 amide bonds. The summed E-state index contributed by atoms with van der Waals surface area (Å²) in [4.78, 5) is 32.5. The van der Waals surface area contributed by atoms with Gasteiger partial charge in [0.2, 0.25) is 0 Å². The van der Waals surface area contributed by atoms with Gasteiger partial charge in [0.15, 0.2) is 23.3 Å². The van der Waals surface area contributed by atoms with Crippen molar-refractivity contribution in [2.75, 3.05) is 39.3 Å². The van der Waals surface area contributed by atoms with Crippen LogP contribution < -0.4 is 14.8 Å². The van der Waals surface area contributed by atoms with Crippen LogP contribution in [0, 0.1) is 5.82 Å². The first-order valence-electron chi connectivity index (χ1n) is 12.3. The van der Waals surface area contributed by atoms with Crippen LogP contribution >= 0.6 is 27.7 Å². The second kappa shape index (κ2) is 14.1. The maximum atomic E-state index is 13.4. The number of benzene rings is 3. The lowest BCUT2D eigenvalue weighted by molar-refractivity contribution is -0.122. The number of thioether (sulfide) groups is 1. The molecule has 1 N–H and O–H groups in total. The predicted octanol–water partition coefficient (Wildman–Crippen LogP) is 6.25. The fourth-order valence-corrected chi connectivity index (χ4v) is 5.17. The van der Waals surface area contributed by atoms with Gasteiger partial charge < -0.3 is 19.5 Å². The maximum absolute atomic E-state index is 13.4. The van der Waals surface area contributed by atoms with Gasteiger partial charge in [0.1, 0.15) is 5.82 Å². The van der Waals surface area contributed by atoms with Crippen LogP contribution in [-0.2, 0) is 14.3 Å². The number of carbonyl (C=O) groups excluding carboxylic acids is 2. The highest BCUT2D eigenvalue weighted by molar-refractivity contribution is 9.10. The number of nitrogens with zero attached hydrogens (tertiary/aromatic N) is 2. The summed E-state index contributed by atoms with van der Waals surface area (Å²) in [5.41, 5.74) is 1.90. The Balaban J connectivity index is 1.52.